The summed E-state index contributed by atoms with van der Waals surface area (Å²) in [6.07, 6.45) is 1.85. The van der Waals surface area contributed by atoms with Crippen LogP contribution in [0, 0.1) is 11.8 Å². The lowest BCUT2D eigenvalue weighted by molar-refractivity contribution is -0.136. The van der Waals surface area contributed by atoms with E-state index in [0.717, 1.165) is 19.4 Å². The van der Waals surface area contributed by atoms with Gasteiger partial charge in [0.1, 0.15) is 0 Å². The van der Waals surface area contributed by atoms with Crippen molar-refractivity contribution in [2.24, 2.45) is 11.8 Å². The highest BCUT2D eigenvalue weighted by atomic mass is 16.3. The second-order valence-corrected chi connectivity index (χ2v) is 4.02. The van der Waals surface area contributed by atoms with Gasteiger partial charge in [0, 0.05) is 19.0 Å². The van der Waals surface area contributed by atoms with Crippen molar-refractivity contribution in [3.05, 3.63) is 0 Å². The van der Waals surface area contributed by atoms with Crippen LogP contribution in [0.25, 0.3) is 0 Å². The van der Waals surface area contributed by atoms with Crippen molar-refractivity contribution in [1.82, 2.24) is 4.90 Å². The predicted octanol–water partition coefficient (Wildman–Crippen LogP) is 0.236. The molecular formula is C9H15NO2. The molecule has 1 aliphatic heterocycles. The lowest BCUT2D eigenvalue weighted by atomic mass is 10.1. The molecule has 12 heavy (non-hydrogen) atoms. The van der Waals surface area contributed by atoms with Gasteiger partial charge in [0.15, 0.2) is 0 Å². The quantitative estimate of drug-likeness (QED) is 0.643. The second kappa shape index (κ2) is 2.73. The molecule has 1 saturated carbocycles. The van der Waals surface area contributed by atoms with Crippen LogP contribution in [0.4, 0.5) is 0 Å². The van der Waals surface area contributed by atoms with Crippen molar-refractivity contribution in [1.29, 1.82) is 0 Å². The first kappa shape index (κ1) is 8.05. The van der Waals surface area contributed by atoms with Gasteiger partial charge in [0.25, 0.3) is 0 Å². The Morgan fingerprint density at radius 1 is 1.75 bits per heavy atom. The number of aliphatic hydroxyl groups excluding tert-OH is 1. The summed E-state index contributed by atoms with van der Waals surface area (Å²) in [7, 11) is 0. The van der Waals surface area contributed by atoms with E-state index >= 15 is 0 Å². The molecule has 3 nitrogen and oxygen atoms in total. The monoisotopic (exact) mass is 169 g/mol. The number of amides is 1. The molecule has 3 unspecified atom stereocenters. The van der Waals surface area contributed by atoms with E-state index in [1.54, 1.807) is 11.8 Å². The predicted molar refractivity (Wildman–Crippen MR) is 44.5 cm³/mol. The molecule has 0 bridgehead atoms. The Bertz CT molecular complexity index is 203. The number of aliphatic hydroxyl groups is 1. The van der Waals surface area contributed by atoms with E-state index in [2.05, 4.69) is 0 Å². The molecule has 1 saturated heterocycles. The zero-order valence-corrected chi connectivity index (χ0v) is 7.36. The summed E-state index contributed by atoms with van der Waals surface area (Å²) in [6.45, 7) is 3.10. The van der Waals surface area contributed by atoms with Crippen LogP contribution in [-0.2, 0) is 4.79 Å². The molecule has 0 aromatic heterocycles. The Kier molecular flexibility index (Phi) is 1.83. The minimum atomic E-state index is -0.385. The smallest absolute Gasteiger partial charge is 0.226 e. The summed E-state index contributed by atoms with van der Waals surface area (Å²) in [5.74, 6) is 1.27. The van der Waals surface area contributed by atoms with Gasteiger partial charge in [-0.1, -0.05) is 0 Å². The van der Waals surface area contributed by atoms with Crippen LogP contribution in [0.1, 0.15) is 19.8 Å². The minimum absolute atomic E-state index is 0.271. The Morgan fingerprint density at radius 3 is 3.17 bits per heavy atom. The average Bonchev–Trinajstić information content (AvgIpc) is 2.73. The molecule has 1 amide bonds. The largest absolute Gasteiger partial charge is 0.392 e. The van der Waals surface area contributed by atoms with Crippen molar-refractivity contribution in [2.45, 2.75) is 25.9 Å². The number of β-amino-alcohol motifs (C(OH)–C–C–N with tert-alkyl or cyclic N) is 1. The SMILES string of the molecule is CC(O)CN1CCC2CC2C1=O. The van der Waals surface area contributed by atoms with Gasteiger partial charge in [0.05, 0.1) is 6.10 Å². The second-order valence-electron chi connectivity index (χ2n) is 4.02. The molecule has 68 valence electrons. The molecule has 3 heteroatoms. The topological polar surface area (TPSA) is 40.5 Å². The highest BCUT2D eigenvalue weighted by Gasteiger charge is 2.47. The van der Waals surface area contributed by atoms with Gasteiger partial charge in [-0.3, -0.25) is 4.79 Å². The lowest BCUT2D eigenvalue weighted by Gasteiger charge is -2.27. The first-order valence-electron chi connectivity index (χ1n) is 4.65. The molecule has 0 radical (unpaired) electrons. The van der Waals surface area contributed by atoms with Crippen LogP contribution < -0.4 is 0 Å². The number of carbonyl (C=O) groups excluding carboxylic acids is 1. The van der Waals surface area contributed by atoms with E-state index in [0.29, 0.717) is 18.4 Å². The fourth-order valence-corrected chi connectivity index (χ4v) is 2.04. The van der Waals surface area contributed by atoms with Crippen molar-refractivity contribution < 1.29 is 9.90 Å². The zero-order chi connectivity index (χ0) is 8.72. The number of hydrogen-bond donors (Lipinski definition) is 1. The van der Waals surface area contributed by atoms with Gasteiger partial charge in [-0.05, 0) is 25.7 Å². The van der Waals surface area contributed by atoms with Gasteiger partial charge in [0.2, 0.25) is 5.91 Å². The summed E-state index contributed by atoms with van der Waals surface area (Å²) in [5.41, 5.74) is 0. The normalized spacial score (nSPS) is 36.2. The molecule has 2 rings (SSSR count). The summed E-state index contributed by atoms with van der Waals surface area (Å²) in [4.78, 5) is 13.3. The molecule has 1 aliphatic carbocycles. The third kappa shape index (κ3) is 1.33. The van der Waals surface area contributed by atoms with E-state index < -0.39 is 0 Å². The van der Waals surface area contributed by atoms with Gasteiger partial charge < -0.3 is 10.0 Å². The van der Waals surface area contributed by atoms with Gasteiger partial charge in [-0.15, -0.1) is 0 Å². The third-order valence-corrected chi connectivity index (χ3v) is 2.81. The first-order valence-corrected chi connectivity index (χ1v) is 4.65. The van der Waals surface area contributed by atoms with Crippen LogP contribution in [0.2, 0.25) is 0 Å². The Hall–Kier alpha value is -0.570. The van der Waals surface area contributed by atoms with Crippen LogP contribution in [0.5, 0.6) is 0 Å². The third-order valence-electron chi connectivity index (χ3n) is 2.81. The zero-order valence-electron chi connectivity index (χ0n) is 7.36. The number of piperidine rings is 1. The van der Waals surface area contributed by atoms with Crippen LogP contribution in [-0.4, -0.2) is 35.1 Å². The molecule has 0 aromatic carbocycles. The van der Waals surface area contributed by atoms with Gasteiger partial charge >= 0.3 is 0 Å². The number of hydrogen-bond acceptors (Lipinski definition) is 2. The van der Waals surface area contributed by atoms with Gasteiger partial charge in [-0.2, -0.15) is 0 Å². The molecule has 2 aliphatic rings. The van der Waals surface area contributed by atoms with E-state index in [4.69, 9.17) is 5.11 Å². The molecule has 0 aromatic rings. The summed E-state index contributed by atoms with van der Waals surface area (Å²) >= 11 is 0. The summed E-state index contributed by atoms with van der Waals surface area (Å²) < 4.78 is 0. The van der Waals surface area contributed by atoms with E-state index in [1.165, 1.54) is 0 Å². The van der Waals surface area contributed by atoms with E-state index in [-0.39, 0.29) is 12.0 Å². The molecular weight excluding hydrogens is 154 g/mol. The fourth-order valence-electron chi connectivity index (χ4n) is 2.04. The first-order chi connectivity index (χ1) is 5.68. The van der Waals surface area contributed by atoms with Crippen LogP contribution in [0.3, 0.4) is 0 Å². The molecule has 2 fully saturated rings. The Balaban J connectivity index is 1.93. The van der Waals surface area contributed by atoms with E-state index in [9.17, 15) is 4.79 Å². The number of likely N-dealkylation sites (tertiary alicyclic amines) is 1. The van der Waals surface area contributed by atoms with Crippen LogP contribution >= 0.6 is 0 Å². The fraction of sp³-hybridized carbons (Fsp3) is 0.889. The van der Waals surface area contributed by atoms with Crippen molar-refractivity contribution in [3.63, 3.8) is 0 Å². The maximum atomic E-state index is 11.5. The van der Waals surface area contributed by atoms with Crippen molar-refractivity contribution >= 4 is 5.91 Å². The molecule has 1 N–H and O–H groups in total. The molecule has 1 heterocycles. The molecule has 0 spiro atoms. The lowest BCUT2D eigenvalue weighted by Crippen LogP contribution is -2.41. The minimum Gasteiger partial charge on any atom is -0.392 e. The standard InChI is InChI=1S/C9H15NO2/c1-6(11)5-10-3-2-7-4-8(7)9(10)12/h6-8,11H,2-5H2,1H3. The highest BCUT2D eigenvalue weighted by Crippen LogP contribution is 2.45. The van der Waals surface area contributed by atoms with Gasteiger partial charge in [-0.25, -0.2) is 0 Å². The Labute approximate surface area is 72.4 Å². The summed E-state index contributed by atoms with van der Waals surface area (Å²) in [6, 6.07) is 0. The highest BCUT2D eigenvalue weighted by molar-refractivity contribution is 5.82. The molecule has 3 atom stereocenters. The van der Waals surface area contributed by atoms with Crippen LogP contribution in [0.15, 0.2) is 0 Å². The summed E-state index contributed by atoms with van der Waals surface area (Å²) in [5, 5.41) is 9.13. The average molecular weight is 169 g/mol. The number of rotatable bonds is 2. The Morgan fingerprint density at radius 2 is 2.50 bits per heavy atom. The van der Waals surface area contributed by atoms with Crippen molar-refractivity contribution in [2.75, 3.05) is 13.1 Å². The van der Waals surface area contributed by atoms with Crippen molar-refractivity contribution in [3.8, 4) is 0 Å². The number of carbonyl (C=O) groups is 1. The number of nitrogens with zero attached hydrogens (tertiary/aromatic N) is 1. The maximum absolute atomic E-state index is 11.5. The number of fused-ring (bicyclic) bond motifs is 1. The van der Waals surface area contributed by atoms with E-state index in [1.807, 2.05) is 0 Å². The maximum Gasteiger partial charge on any atom is 0.226 e.